The first-order valence-electron chi connectivity index (χ1n) is 4.46. The van der Waals surface area contributed by atoms with Crippen molar-refractivity contribution in [2.24, 2.45) is 11.8 Å². The molecule has 1 saturated heterocycles. The average Bonchev–Trinajstić information content (AvgIpc) is 2.37. The molecular formula is C9H18OS. The third-order valence-corrected chi connectivity index (χ3v) is 4.04. The highest BCUT2D eigenvalue weighted by atomic mass is 32.2. The summed E-state index contributed by atoms with van der Waals surface area (Å²) in [5, 5.41) is 9.69. The van der Waals surface area contributed by atoms with Crippen molar-refractivity contribution in [3.63, 3.8) is 0 Å². The molecule has 0 radical (unpaired) electrons. The van der Waals surface area contributed by atoms with Crippen molar-refractivity contribution < 1.29 is 5.11 Å². The Balaban J connectivity index is 2.24. The van der Waals surface area contributed by atoms with Gasteiger partial charge in [0.05, 0.1) is 0 Å². The number of aliphatic hydroxyl groups excluding tert-OH is 1. The molecule has 0 aromatic carbocycles. The second-order valence-electron chi connectivity index (χ2n) is 3.70. The van der Waals surface area contributed by atoms with E-state index in [1.807, 2.05) is 0 Å². The summed E-state index contributed by atoms with van der Waals surface area (Å²) in [5.41, 5.74) is 0. The number of hydrogen-bond donors (Lipinski definition) is 1. The van der Waals surface area contributed by atoms with E-state index in [0.29, 0.717) is 12.5 Å². The topological polar surface area (TPSA) is 20.2 Å². The molecule has 2 heteroatoms. The van der Waals surface area contributed by atoms with Crippen molar-refractivity contribution in [1.29, 1.82) is 0 Å². The molecule has 0 spiro atoms. The lowest BCUT2D eigenvalue weighted by Crippen LogP contribution is -2.14. The highest BCUT2D eigenvalue weighted by molar-refractivity contribution is 8.00. The van der Waals surface area contributed by atoms with Gasteiger partial charge in [-0.05, 0) is 30.4 Å². The zero-order chi connectivity index (χ0) is 8.27. The van der Waals surface area contributed by atoms with Gasteiger partial charge in [-0.2, -0.15) is 11.8 Å². The quantitative estimate of drug-likeness (QED) is 0.707. The molecule has 3 atom stereocenters. The van der Waals surface area contributed by atoms with Crippen molar-refractivity contribution >= 4 is 11.8 Å². The fourth-order valence-electron chi connectivity index (χ4n) is 1.53. The fraction of sp³-hybridized carbons (Fsp3) is 1.00. The van der Waals surface area contributed by atoms with Gasteiger partial charge in [0, 0.05) is 11.9 Å². The largest absolute Gasteiger partial charge is 0.396 e. The lowest BCUT2D eigenvalue weighted by molar-refractivity contribution is 0.225. The Kier molecular flexibility index (Phi) is 3.73. The summed E-state index contributed by atoms with van der Waals surface area (Å²) in [6, 6.07) is 0. The minimum absolute atomic E-state index is 0.351. The molecule has 0 amide bonds. The Hall–Kier alpha value is 0.310. The number of aliphatic hydroxyl groups is 1. The van der Waals surface area contributed by atoms with Crippen LogP contribution in [0.4, 0.5) is 0 Å². The minimum atomic E-state index is 0.351. The lowest BCUT2D eigenvalue weighted by atomic mass is 9.97. The standard InChI is InChI=1S/C9H18OS/c1-7(6-10)5-9-8(2)3-4-11-9/h7-10H,3-6H2,1-2H3. The molecule has 1 heterocycles. The highest BCUT2D eigenvalue weighted by Crippen LogP contribution is 2.35. The predicted octanol–water partition coefficient (Wildman–Crippen LogP) is 2.15. The fourth-order valence-corrected chi connectivity index (χ4v) is 3.27. The van der Waals surface area contributed by atoms with E-state index in [2.05, 4.69) is 25.6 Å². The summed E-state index contributed by atoms with van der Waals surface area (Å²) in [6.45, 7) is 4.81. The number of hydrogen-bond acceptors (Lipinski definition) is 2. The van der Waals surface area contributed by atoms with Gasteiger partial charge in [0.25, 0.3) is 0 Å². The van der Waals surface area contributed by atoms with E-state index < -0.39 is 0 Å². The molecule has 1 nitrogen and oxygen atoms in total. The van der Waals surface area contributed by atoms with E-state index in [1.54, 1.807) is 0 Å². The molecule has 0 bridgehead atoms. The van der Waals surface area contributed by atoms with Crippen LogP contribution in [0.25, 0.3) is 0 Å². The molecule has 11 heavy (non-hydrogen) atoms. The summed E-state index contributed by atoms with van der Waals surface area (Å²) in [6.07, 6.45) is 2.57. The van der Waals surface area contributed by atoms with Crippen molar-refractivity contribution in [2.45, 2.75) is 31.9 Å². The van der Waals surface area contributed by atoms with Crippen molar-refractivity contribution in [3.05, 3.63) is 0 Å². The first-order valence-corrected chi connectivity index (χ1v) is 5.51. The van der Waals surface area contributed by atoms with Crippen molar-refractivity contribution in [1.82, 2.24) is 0 Å². The van der Waals surface area contributed by atoms with Crippen LogP contribution in [0.2, 0.25) is 0 Å². The Bertz CT molecular complexity index is 116. The van der Waals surface area contributed by atoms with Gasteiger partial charge >= 0.3 is 0 Å². The summed E-state index contributed by atoms with van der Waals surface area (Å²) >= 11 is 2.08. The number of thioether (sulfide) groups is 1. The molecule has 1 aliphatic rings. The molecule has 0 aromatic heterocycles. The second-order valence-corrected chi connectivity index (χ2v) is 5.05. The van der Waals surface area contributed by atoms with E-state index >= 15 is 0 Å². The summed E-state index contributed by atoms with van der Waals surface area (Å²) in [5.74, 6) is 2.69. The smallest absolute Gasteiger partial charge is 0.0457 e. The first kappa shape index (κ1) is 9.40. The molecule has 1 N–H and O–H groups in total. The minimum Gasteiger partial charge on any atom is -0.396 e. The molecule has 66 valence electrons. The van der Waals surface area contributed by atoms with Gasteiger partial charge in [-0.15, -0.1) is 0 Å². The monoisotopic (exact) mass is 174 g/mol. The van der Waals surface area contributed by atoms with Gasteiger partial charge in [-0.1, -0.05) is 13.8 Å². The van der Waals surface area contributed by atoms with Crippen LogP contribution in [0.15, 0.2) is 0 Å². The van der Waals surface area contributed by atoms with Gasteiger partial charge in [0.15, 0.2) is 0 Å². The zero-order valence-corrected chi connectivity index (χ0v) is 8.23. The summed E-state index contributed by atoms with van der Waals surface area (Å²) in [7, 11) is 0. The average molecular weight is 174 g/mol. The Morgan fingerprint density at radius 3 is 2.82 bits per heavy atom. The van der Waals surface area contributed by atoms with E-state index in [0.717, 1.165) is 11.2 Å². The van der Waals surface area contributed by atoms with Crippen LogP contribution < -0.4 is 0 Å². The van der Waals surface area contributed by atoms with Crippen LogP contribution in [0.3, 0.4) is 0 Å². The van der Waals surface area contributed by atoms with Gasteiger partial charge in [-0.25, -0.2) is 0 Å². The van der Waals surface area contributed by atoms with Crippen LogP contribution in [0, 0.1) is 11.8 Å². The molecule has 1 aliphatic heterocycles. The molecule has 0 saturated carbocycles. The maximum Gasteiger partial charge on any atom is 0.0457 e. The van der Waals surface area contributed by atoms with Crippen LogP contribution in [-0.2, 0) is 0 Å². The van der Waals surface area contributed by atoms with Gasteiger partial charge in [0.1, 0.15) is 0 Å². The van der Waals surface area contributed by atoms with Crippen LogP contribution in [-0.4, -0.2) is 22.7 Å². The first-order chi connectivity index (χ1) is 5.24. The lowest BCUT2D eigenvalue weighted by Gasteiger charge is -2.17. The van der Waals surface area contributed by atoms with E-state index in [4.69, 9.17) is 5.11 Å². The molecule has 1 fully saturated rings. The Morgan fingerprint density at radius 2 is 2.36 bits per heavy atom. The van der Waals surface area contributed by atoms with Crippen LogP contribution >= 0.6 is 11.8 Å². The van der Waals surface area contributed by atoms with Gasteiger partial charge in [0.2, 0.25) is 0 Å². The normalized spacial score (nSPS) is 34.1. The third kappa shape index (κ3) is 2.68. The van der Waals surface area contributed by atoms with E-state index in [-0.39, 0.29) is 0 Å². The maximum atomic E-state index is 8.87. The zero-order valence-electron chi connectivity index (χ0n) is 7.42. The van der Waals surface area contributed by atoms with Crippen LogP contribution in [0.1, 0.15) is 26.7 Å². The third-order valence-electron chi connectivity index (χ3n) is 2.49. The van der Waals surface area contributed by atoms with E-state index in [1.165, 1.54) is 18.6 Å². The summed E-state index contributed by atoms with van der Waals surface area (Å²) < 4.78 is 0. The highest BCUT2D eigenvalue weighted by Gasteiger charge is 2.24. The van der Waals surface area contributed by atoms with Crippen molar-refractivity contribution in [3.8, 4) is 0 Å². The summed E-state index contributed by atoms with van der Waals surface area (Å²) in [4.78, 5) is 0. The van der Waals surface area contributed by atoms with Crippen molar-refractivity contribution in [2.75, 3.05) is 12.4 Å². The number of rotatable bonds is 3. The molecule has 1 rings (SSSR count). The SMILES string of the molecule is CC(CO)CC1SCCC1C. The van der Waals surface area contributed by atoms with Crippen LogP contribution in [0.5, 0.6) is 0 Å². The van der Waals surface area contributed by atoms with E-state index in [9.17, 15) is 0 Å². The maximum absolute atomic E-state index is 8.87. The predicted molar refractivity (Wildman–Crippen MR) is 50.9 cm³/mol. The molecule has 3 unspecified atom stereocenters. The van der Waals surface area contributed by atoms with Gasteiger partial charge < -0.3 is 5.11 Å². The Morgan fingerprint density at radius 1 is 1.64 bits per heavy atom. The molecular weight excluding hydrogens is 156 g/mol. The van der Waals surface area contributed by atoms with Gasteiger partial charge in [-0.3, -0.25) is 0 Å². The second kappa shape index (κ2) is 4.36. The molecule has 0 aliphatic carbocycles. The molecule has 0 aromatic rings. The Labute approximate surface area is 73.6 Å².